The number of rotatable bonds is 7. The smallest absolute Gasteiger partial charge is 0.191 e. The molecule has 2 aromatic rings. The number of anilines is 1. The minimum atomic E-state index is 0. The number of aliphatic imine (C=N–C) groups is 1. The number of nitrogens with one attached hydrogen (secondary N) is 2. The zero-order valence-electron chi connectivity index (χ0n) is 17.4. The highest BCUT2D eigenvalue weighted by Crippen LogP contribution is 2.22. The van der Waals surface area contributed by atoms with E-state index in [0.717, 1.165) is 48.9 Å². The van der Waals surface area contributed by atoms with Crippen LogP contribution in [-0.4, -0.2) is 41.2 Å². The molecule has 1 saturated heterocycles. The van der Waals surface area contributed by atoms with Crippen molar-refractivity contribution in [2.45, 2.75) is 46.3 Å². The first-order valence-corrected chi connectivity index (χ1v) is 10.9. The number of aromatic nitrogens is 2. The van der Waals surface area contributed by atoms with Gasteiger partial charge < -0.3 is 20.1 Å². The minimum absolute atomic E-state index is 0. The van der Waals surface area contributed by atoms with Crippen LogP contribution in [0.3, 0.4) is 0 Å². The van der Waals surface area contributed by atoms with Gasteiger partial charge in [-0.3, -0.25) is 0 Å². The zero-order chi connectivity index (χ0) is 19.9. The van der Waals surface area contributed by atoms with Crippen molar-refractivity contribution in [3.63, 3.8) is 0 Å². The molecule has 1 aromatic carbocycles. The molecule has 1 aliphatic rings. The summed E-state index contributed by atoms with van der Waals surface area (Å²) in [5.41, 5.74) is 1.27. The predicted octanol–water partition coefficient (Wildman–Crippen LogP) is 4.25. The first kappa shape index (κ1) is 24.0. The lowest BCUT2D eigenvalue weighted by atomic mass is 10.2. The Bertz CT molecular complexity index is 774. The van der Waals surface area contributed by atoms with Crippen LogP contribution in [0.4, 0.5) is 5.69 Å². The summed E-state index contributed by atoms with van der Waals surface area (Å²) in [7, 11) is 0. The molecular weight excluding hydrogens is 543 g/mol. The molecule has 1 unspecified atom stereocenters. The normalized spacial score (nSPS) is 16.8. The average molecular weight is 575 g/mol. The molecule has 1 aromatic heterocycles. The van der Waals surface area contributed by atoms with Gasteiger partial charge >= 0.3 is 0 Å². The molecule has 0 amide bonds. The van der Waals surface area contributed by atoms with Crippen LogP contribution in [0.1, 0.15) is 33.0 Å². The van der Waals surface area contributed by atoms with Gasteiger partial charge in [-0.2, -0.15) is 0 Å². The van der Waals surface area contributed by atoms with E-state index in [1.54, 1.807) is 0 Å². The minimum Gasteiger partial charge on any atom is -0.369 e. The molecule has 0 radical (unpaired) electrons. The largest absolute Gasteiger partial charge is 0.369 e. The van der Waals surface area contributed by atoms with Crippen molar-refractivity contribution in [3.8, 4) is 0 Å². The van der Waals surface area contributed by atoms with Crippen LogP contribution in [0.2, 0.25) is 0 Å². The molecule has 0 spiro atoms. The maximum Gasteiger partial charge on any atom is 0.191 e. The Morgan fingerprint density at radius 1 is 1.31 bits per heavy atom. The van der Waals surface area contributed by atoms with Crippen LogP contribution < -0.4 is 15.5 Å². The molecule has 0 saturated carbocycles. The van der Waals surface area contributed by atoms with Crippen LogP contribution in [0.15, 0.2) is 46.1 Å². The number of hydrogen-bond acceptors (Lipinski definition) is 3. The molecule has 2 N–H and O–H groups in total. The number of imidazole rings is 1. The van der Waals surface area contributed by atoms with Crippen molar-refractivity contribution in [1.82, 2.24) is 20.2 Å². The quantitative estimate of drug-likeness (QED) is 0.295. The van der Waals surface area contributed by atoms with Gasteiger partial charge in [-0.05, 0) is 43.5 Å². The van der Waals surface area contributed by atoms with Gasteiger partial charge in [0.1, 0.15) is 12.4 Å². The summed E-state index contributed by atoms with van der Waals surface area (Å²) in [5, 5.41) is 6.97. The third kappa shape index (κ3) is 7.16. The second-order valence-electron chi connectivity index (χ2n) is 7.64. The van der Waals surface area contributed by atoms with Crippen molar-refractivity contribution >= 4 is 51.6 Å². The predicted molar refractivity (Wildman–Crippen MR) is 135 cm³/mol. The van der Waals surface area contributed by atoms with Crippen molar-refractivity contribution in [1.29, 1.82) is 0 Å². The van der Waals surface area contributed by atoms with E-state index in [2.05, 4.69) is 86.1 Å². The molecule has 1 atom stereocenters. The zero-order valence-corrected chi connectivity index (χ0v) is 21.4. The van der Waals surface area contributed by atoms with Gasteiger partial charge in [-0.15, -0.1) is 24.0 Å². The Morgan fingerprint density at radius 3 is 2.76 bits per heavy atom. The number of benzene rings is 1. The number of guanidine groups is 1. The van der Waals surface area contributed by atoms with E-state index in [1.165, 1.54) is 5.69 Å². The lowest BCUT2D eigenvalue weighted by Gasteiger charge is -2.20. The van der Waals surface area contributed by atoms with Crippen LogP contribution >= 0.6 is 39.9 Å². The van der Waals surface area contributed by atoms with Crippen LogP contribution in [0.25, 0.3) is 0 Å². The fraction of sp³-hybridized carbons (Fsp3) is 0.524. The third-order valence-corrected chi connectivity index (χ3v) is 5.34. The molecule has 0 bridgehead atoms. The van der Waals surface area contributed by atoms with E-state index in [9.17, 15) is 0 Å². The summed E-state index contributed by atoms with van der Waals surface area (Å²) < 4.78 is 3.31. The Hall–Kier alpha value is -1.29. The topological polar surface area (TPSA) is 57.5 Å². The van der Waals surface area contributed by atoms with Crippen molar-refractivity contribution in [2.24, 2.45) is 10.9 Å². The molecule has 8 heteroatoms. The van der Waals surface area contributed by atoms with Crippen molar-refractivity contribution in [2.75, 3.05) is 24.5 Å². The van der Waals surface area contributed by atoms with Gasteiger partial charge in [0, 0.05) is 54.8 Å². The van der Waals surface area contributed by atoms with E-state index >= 15 is 0 Å². The summed E-state index contributed by atoms with van der Waals surface area (Å²) in [5.74, 6) is 2.46. The SMILES string of the molecule is CCNC(=NCc1nccn1CC(C)C)NC1CCN(c2ccc(Br)cc2)C1.I. The fourth-order valence-corrected chi connectivity index (χ4v) is 3.74. The monoisotopic (exact) mass is 574 g/mol. The van der Waals surface area contributed by atoms with Crippen molar-refractivity contribution < 1.29 is 0 Å². The fourth-order valence-electron chi connectivity index (χ4n) is 3.48. The first-order valence-electron chi connectivity index (χ1n) is 10.1. The summed E-state index contributed by atoms with van der Waals surface area (Å²) in [6, 6.07) is 8.92. The van der Waals surface area contributed by atoms with Gasteiger partial charge in [0.15, 0.2) is 5.96 Å². The molecule has 6 nitrogen and oxygen atoms in total. The van der Waals surface area contributed by atoms with Gasteiger partial charge in [-0.1, -0.05) is 29.8 Å². The Balaban J connectivity index is 0.00000300. The Kier molecular flexibility index (Phi) is 9.74. The van der Waals surface area contributed by atoms with Gasteiger partial charge in [-0.25, -0.2) is 9.98 Å². The van der Waals surface area contributed by atoms with Crippen LogP contribution in [-0.2, 0) is 13.1 Å². The maximum atomic E-state index is 4.78. The molecule has 1 fully saturated rings. The summed E-state index contributed by atoms with van der Waals surface area (Å²) in [6.45, 7) is 11.0. The number of halogens is 2. The molecule has 29 heavy (non-hydrogen) atoms. The highest BCUT2D eigenvalue weighted by atomic mass is 127. The van der Waals surface area contributed by atoms with E-state index < -0.39 is 0 Å². The van der Waals surface area contributed by atoms with Crippen molar-refractivity contribution in [3.05, 3.63) is 47.0 Å². The summed E-state index contributed by atoms with van der Waals surface area (Å²) in [6.07, 6.45) is 5.00. The highest BCUT2D eigenvalue weighted by Gasteiger charge is 2.23. The van der Waals surface area contributed by atoms with Gasteiger partial charge in [0.25, 0.3) is 0 Å². The van der Waals surface area contributed by atoms with Crippen LogP contribution in [0.5, 0.6) is 0 Å². The van der Waals surface area contributed by atoms with E-state index in [0.29, 0.717) is 18.5 Å². The van der Waals surface area contributed by atoms with Crippen LogP contribution in [0, 0.1) is 5.92 Å². The lowest BCUT2D eigenvalue weighted by molar-refractivity contribution is 0.507. The second kappa shape index (κ2) is 11.8. The lowest BCUT2D eigenvalue weighted by Crippen LogP contribution is -2.44. The Morgan fingerprint density at radius 2 is 2.07 bits per heavy atom. The summed E-state index contributed by atoms with van der Waals surface area (Å²) in [4.78, 5) is 11.7. The van der Waals surface area contributed by atoms with E-state index in [1.807, 2.05) is 12.4 Å². The molecule has 1 aliphatic heterocycles. The molecule has 3 rings (SSSR count). The molecule has 2 heterocycles. The third-order valence-electron chi connectivity index (χ3n) is 4.81. The highest BCUT2D eigenvalue weighted by molar-refractivity contribution is 14.0. The standard InChI is InChI=1S/C21H31BrN6.HI/c1-4-23-21(25-13-20-24-10-12-28(20)14-16(2)3)26-18-9-11-27(15-18)19-7-5-17(22)6-8-19;/h5-8,10,12,16,18H,4,9,11,13-15H2,1-3H3,(H2,23,25,26);1H. The summed E-state index contributed by atoms with van der Waals surface area (Å²) >= 11 is 3.51. The number of hydrogen-bond donors (Lipinski definition) is 2. The van der Waals surface area contributed by atoms with Gasteiger partial charge in [0.05, 0.1) is 0 Å². The average Bonchev–Trinajstić information content (AvgIpc) is 3.30. The number of nitrogens with zero attached hydrogens (tertiary/aromatic N) is 4. The maximum absolute atomic E-state index is 4.78. The van der Waals surface area contributed by atoms with E-state index in [-0.39, 0.29) is 24.0 Å². The molecule has 0 aliphatic carbocycles. The van der Waals surface area contributed by atoms with Gasteiger partial charge in [0.2, 0.25) is 0 Å². The molecule has 160 valence electrons. The Labute approximate surface area is 199 Å². The second-order valence-corrected chi connectivity index (χ2v) is 8.55. The first-order chi connectivity index (χ1) is 13.5. The molecular formula is C21H32BrIN6. The van der Waals surface area contributed by atoms with E-state index in [4.69, 9.17) is 4.99 Å².